The van der Waals surface area contributed by atoms with Gasteiger partial charge in [0, 0.05) is 30.9 Å². The van der Waals surface area contributed by atoms with Gasteiger partial charge in [-0.2, -0.15) is 0 Å². The summed E-state index contributed by atoms with van der Waals surface area (Å²) in [7, 11) is 0. The number of aromatic nitrogens is 3. The van der Waals surface area contributed by atoms with E-state index in [4.69, 9.17) is 9.41 Å². The van der Waals surface area contributed by atoms with Crippen LogP contribution in [0.5, 0.6) is 0 Å². The second-order valence-corrected chi connectivity index (χ2v) is 7.38. The molecule has 0 atom stereocenters. The minimum atomic E-state index is 0.863. The Hall–Kier alpha value is -2.86. The first kappa shape index (κ1) is 17.5. The molecule has 0 radical (unpaired) electrons. The molecule has 0 saturated carbocycles. The summed E-state index contributed by atoms with van der Waals surface area (Å²) in [5, 5.41) is 2.13. The minimum Gasteiger partial charge on any atom is -0.463 e. The second-order valence-electron chi connectivity index (χ2n) is 6.54. The lowest BCUT2D eigenvalue weighted by atomic mass is 10.1. The van der Waals surface area contributed by atoms with Crippen LogP contribution in [0.3, 0.4) is 0 Å². The van der Waals surface area contributed by atoms with Crippen molar-refractivity contribution < 1.29 is 4.42 Å². The lowest BCUT2D eigenvalue weighted by Gasteiger charge is -2.09. The molecular formula is C21H22N4OS. The Bertz CT molecular complexity index is 1050. The number of nitrogens with zero attached hydrogens (tertiary/aromatic N) is 4. The molecule has 4 aromatic rings. The fourth-order valence-corrected chi connectivity index (χ4v) is 4.09. The Morgan fingerprint density at radius 1 is 1.11 bits per heavy atom. The third kappa shape index (κ3) is 3.80. The zero-order valence-corrected chi connectivity index (χ0v) is 16.3. The standard InChI is InChI=1S/C21H22N4OS/c1-16-6-3-7-17(2)20(16)23-21-25(11-5-10-24-12-9-22-15-24)18(14-27-21)19-8-4-13-26-19/h3-4,6-9,12-15H,5,10-11H2,1-2H3. The molecule has 0 spiro atoms. The third-order valence-corrected chi connectivity index (χ3v) is 5.44. The van der Waals surface area contributed by atoms with Crippen LogP contribution in [0.25, 0.3) is 11.5 Å². The average Bonchev–Trinajstić information content (AvgIpc) is 3.41. The van der Waals surface area contributed by atoms with Crippen LogP contribution in [-0.4, -0.2) is 14.1 Å². The first-order chi connectivity index (χ1) is 13.2. The number of imidazole rings is 1. The van der Waals surface area contributed by atoms with E-state index in [1.54, 1.807) is 17.6 Å². The summed E-state index contributed by atoms with van der Waals surface area (Å²) in [4.78, 5) is 10.1. The fraction of sp³-hybridized carbons (Fsp3) is 0.238. The van der Waals surface area contributed by atoms with E-state index in [0.29, 0.717) is 0 Å². The van der Waals surface area contributed by atoms with Crippen molar-refractivity contribution in [3.63, 3.8) is 0 Å². The number of hydrogen-bond acceptors (Lipinski definition) is 4. The highest BCUT2D eigenvalue weighted by Gasteiger charge is 2.11. The molecule has 6 heteroatoms. The Balaban J connectivity index is 1.72. The van der Waals surface area contributed by atoms with Crippen LogP contribution in [0.2, 0.25) is 0 Å². The summed E-state index contributed by atoms with van der Waals surface area (Å²) in [6.45, 7) is 6.00. The number of thiazole rings is 1. The average molecular weight is 379 g/mol. The molecule has 0 unspecified atom stereocenters. The largest absolute Gasteiger partial charge is 0.463 e. The summed E-state index contributed by atoms with van der Waals surface area (Å²) in [6.07, 6.45) is 8.36. The first-order valence-electron chi connectivity index (χ1n) is 9.01. The highest BCUT2D eigenvalue weighted by Crippen LogP contribution is 2.25. The maximum absolute atomic E-state index is 5.65. The van der Waals surface area contributed by atoms with Crippen molar-refractivity contribution in [2.24, 2.45) is 4.99 Å². The van der Waals surface area contributed by atoms with Gasteiger partial charge in [0.25, 0.3) is 0 Å². The van der Waals surface area contributed by atoms with Gasteiger partial charge in [0.05, 0.1) is 24.0 Å². The van der Waals surface area contributed by atoms with E-state index in [1.165, 1.54) is 11.1 Å². The van der Waals surface area contributed by atoms with Crippen LogP contribution in [0.15, 0.2) is 70.1 Å². The lowest BCUT2D eigenvalue weighted by molar-refractivity contribution is 0.541. The quantitative estimate of drug-likeness (QED) is 0.477. The van der Waals surface area contributed by atoms with Crippen molar-refractivity contribution in [3.05, 3.63) is 76.6 Å². The molecule has 0 N–H and O–H groups in total. The summed E-state index contributed by atoms with van der Waals surface area (Å²) >= 11 is 1.65. The smallest absolute Gasteiger partial charge is 0.190 e. The van der Waals surface area contributed by atoms with Crippen molar-refractivity contribution in [2.45, 2.75) is 33.4 Å². The highest BCUT2D eigenvalue weighted by atomic mass is 32.1. The fourth-order valence-electron chi connectivity index (χ4n) is 3.17. The Morgan fingerprint density at radius 2 is 1.96 bits per heavy atom. The van der Waals surface area contributed by atoms with Crippen molar-refractivity contribution in [1.29, 1.82) is 0 Å². The van der Waals surface area contributed by atoms with Crippen molar-refractivity contribution in [2.75, 3.05) is 0 Å². The monoisotopic (exact) mass is 378 g/mol. The van der Waals surface area contributed by atoms with Crippen LogP contribution >= 0.6 is 11.3 Å². The summed E-state index contributed by atoms with van der Waals surface area (Å²) < 4.78 is 10.0. The third-order valence-electron chi connectivity index (χ3n) is 4.58. The van der Waals surface area contributed by atoms with Crippen molar-refractivity contribution in [3.8, 4) is 11.5 Å². The maximum atomic E-state index is 5.65. The van der Waals surface area contributed by atoms with Crippen LogP contribution in [0, 0.1) is 13.8 Å². The predicted molar refractivity (Wildman–Crippen MR) is 108 cm³/mol. The van der Waals surface area contributed by atoms with E-state index in [0.717, 1.165) is 41.5 Å². The Kier molecular flexibility index (Phi) is 5.07. The highest BCUT2D eigenvalue weighted by molar-refractivity contribution is 7.07. The Morgan fingerprint density at radius 3 is 2.67 bits per heavy atom. The molecule has 0 aliphatic heterocycles. The molecule has 138 valence electrons. The summed E-state index contributed by atoms with van der Waals surface area (Å²) in [6, 6.07) is 10.2. The zero-order valence-electron chi connectivity index (χ0n) is 15.5. The lowest BCUT2D eigenvalue weighted by Crippen LogP contribution is -2.17. The molecule has 0 aliphatic carbocycles. The van der Waals surface area contributed by atoms with E-state index in [2.05, 4.69) is 51.5 Å². The molecule has 4 rings (SSSR count). The topological polar surface area (TPSA) is 48.2 Å². The van der Waals surface area contributed by atoms with Crippen molar-refractivity contribution in [1.82, 2.24) is 14.1 Å². The Labute approximate surface area is 162 Å². The molecule has 0 amide bonds. The van der Waals surface area contributed by atoms with E-state index < -0.39 is 0 Å². The number of hydrogen-bond donors (Lipinski definition) is 0. The van der Waals surface area contributed by atoms with Gasteiger partial charge in [-0.1, -0.05) is 18.2 Å². The van der Waals surface area contributed by atoms with E-state index in [9.17, 15) is 0 Å². The molecule has 0 aliphatic rings. The van der Waals surface area contributed by atoms with Gasteiger partial charge in [0.15, 0.2) is 10.6 Å². The van der Waals surface area contributed by atoms with Gasteiger partial charge in [-0.05, 0) is 43.5 Å². The van der Waals surface area contributed by atoms with Gasteiger partial charge in [0.1, 0.15) is 0 Å². The number of para-hydroxylation sites is 1. The molecule has 3 aromatic heterocycles. The van der Waals surface area contributed by atoms with Gasteiger partial charge in [-0.15, -0.1) is 11.3 Å². The number of furan rings is 1. The van der Waals surface area contributed by atoms with Crippen LogP contribution in [0.4, 0.5) is 5.69 Å². The SMILES string of the molecule is Cc1cccc(C)c1N=c1scc(-c2ccco2)n1CCCn1ccnc1. The van der Waals surface area contributed by atoms with E-state index >= 15 is 0 Å². The molecule has 0 bridgehead atoms. The van der Waals surface area contributed by atoms with E-state index in [1.807, 2.05) is 30.9 Å². The predicted octanol–water partition coefficient (Wildman–Crippen LogP) is 4.95. The normalized spacial score (nSPS) is 12.0. The van der Waals surface area contributed by atoms with Crippen LogP contribution in [0.1, 0.15) is 17.5 Å². The first-order valence-corrected chi connectivity index (χ1v) is 9.89. The summed E-state index contributed by atoms with van der Waals surface area (Å²) in [5.41, 5.74) is 4.50. The number of benzene rings is 1. The van der Waals surface area contributed by atoms with Crippen LogP contribution in [-0.2, 0) is 13.1 Å². The van der Waals surface area contributed by atoms with Gasteiger partial charge in [-0.3, -0.25) is 0 Å². The van der Waals surface area contributed by atoms with Gasteiger partial charge in [0.2, 0.25) is 0 Å². The summed E-state index contributed by atoms with van der Waals surface area (Å²) in [5.74, 6) is 0.872. The van der Waals surface area contributed by atoms with E-state index in [-0.39, 0.29) is 0 Å². The van der Waals surface area contributed by atoms with Crippen LogP contribution < -0.4 is 4.80 Å². The molecule has 3 heterocycles. The molecule has 5 nitrogen and oxygen atoms in total. The number of aryl methyl sites for hydroxylation is 3. The van der Waals surface area contributed by atoms with Gasteiger partial charge < -0.3 is 13.6 Å². The van der Waals surface area contributed by atoms with Gasteiger partial charge in [-0.25, -0.2) is 9.98 Å². The minimum absolute atomic E-state index is 0.863. The van der Waals surface area contributed by atoms with Crippen molar-refractivity contribution >= 4 is 17.0 Å². The maximum Gasteiger partial charge on any atom is 0.190 e. The molecule has 0 saturated heterocycles. The molecule has 0 fully saturated rings. The molecular weight excluding hydrogens is 356 g/mol. The second kappa shape index (κ2) is 7.80. The molecule has 27 heavy (non-hydrogen) atoms. The zero-order chi connectivity index (χ0) is 18.6. The van der Waals surface area contributed by atoms with Gasteiger partial charge >= 0.3 is 0 Å². The number of rotatable bonds is 6. The molecule has 1 aromatic carbocycles.